The maximum atomic E-state index is 14.0. The molecule has 0 aliphatic heterocycles. The number of fused-ring (bicyclic) bond motifs is 6. The molecule has 0 saturated heterocycles. The fourth-order valence-electron chi connectivity index (χ4n) is 4.79. The summed E-state index contributed by atoms with van der Waals surface area (Å²) in [5, 5.41) is 3.30. The van der Waals surface area contributed by atoms with Gasteiger partial charge in [0.15, 0.2) is 5.75 Å². The first-order chi connectivity index (χ1) is 14.6. The average molecular weight is 405 g/mol. The molecule has 1 aliphatic rings. The highest BCUT2D eigenvalue weighted by molar-refractivity contribution is 6.20. The highest BCUT2D eigenvalue weighted by Crippen LogP contribution is 2.42. The van der Waals surface area contributed by atoms with Crippen molar-refractivity contribution in [3.8, 4) is 5.75 Å². The van der Waals surface area contributed by atoms with E-state index in [1.54, 1.807) is 12.1 Å². The Kier molecular flexibility index (Phi) is 3.80. The minimum atomic E-state index is -0.294. The van der Waals surface area contributed by atoms with Crippen LogP contribution in [0.3, 0.4) is 0 Å². The van der Waals surface area contributed by atoms with Gasteiger partial charge in [0, 0.05) is 38.6 Å². The van der Waals surface area contributed by atoms with Crippen LogP contribution in [0.25, 0.3) is 43.6 Å². The van der Waals surface area contributed by atoms with Crippen molar-refractivity contribution in [1.82, 2.24) is 9.97 Å². The normalized spacial score (nSPS) is 20.0. The smallest absolute Gasteiger partial charge is 0.167 e. The second-order valence-electron chi connectivity index (χ2n) is 8.34. The minimum Gasteiger partial charge on any atom is -0.486 e. The molecule has 0 spiro atoms. The van der Waals surface area contributed by atoms with E-state index in [-0.39, 0.29) is 23.8 Å². The van der Waals surface area contributed by atoms with E-state index in [1.165, 1.54) is 24.3 Å². The first-order valence-corrected chi connectivity index (χ1v) is 10.3. The Labute approximate surface area is 171 Å². The van der Waals surface area contributed by atoms with Crippen molar-refractivity contribution in [2.24, 2.45) is 5.73 Å². The van der Waals surface area contributed by atoms with E-state index in [9.17, 15) is 8.78 Å². The number of aromatic nitrogens is 2. The van der Waals surface area contributed by atoms with Crippen LogP contribution >= 0.6 is 0 Å². The van der Waals surface area contributed by atoms with E-state index >= 15 is 0 Å². The molecule has 2 aromatic heterocycles. The Morgan fingerprint density at radius 1 is 0.733 bits per heavy atom. The van der Waals surface area contributed by atoms with Crippen molar-refractivity contribution in [2.75, 3.05) is 0 Å². The number of halogens is 2. The molecule has 0 atom stereocenters. The Morgan fingerprint density at radius 2 is 1.27 bits per heavy atom. The number of hydrogen-bond donors (Lipinski definition) is 3. The number of rotatable bonds is 2. The third-order valence-corrected chi connectivity index (χ3v) is 6.35. The topological polar surface area (TPSA) is 66.8 Å². The number of nitrogens with one attached hydrogen (secondary N) is 2. The Bertz CT molecular complexity index is 1330. The molecule has 0 amide bonds. The first kappa shape index (κ1) is 17.7. The van der Waals surface area contributed by atoms with Gasteiger partial charge < -0.3 is 20.4 Å². The second-order valence-corrected chi connectivity index (χ2v) is 8.34. The van der Waals surface area contributed by atoms with Crippen LogP contribution in [0.4, 0.5) is 8.78 Å². The number of benzene rings is 3. The van der Waals surface area contributed by atoms with E-state index < -0.39 is 0 Å². The molecule has 3 aromatic carbocycles. The predicted octanol–water partition coefficient (Wildman–Crippen LogP) is 5.88. The summed E-state index contributed by atoms with van der Waals surface area (Å²) in [6.07, 6.45) is 3.70. The number of ether oxygens (including phenoxy) is 1. The number of hydrogen-bond acceptors (Lipinski definition) is 2. The molecule has 0 bridgehead atoms. The van der Waals surface area contributed by atoms with E-state index in [0.717, 1.165) is 69.3 Å². The van der Waals surface area contributed by atoms with Crippen molar-refractivity contribution in [1.29, 1.82) is 0 Å². The van der Waals surface area contributed by atoms with Crippen molar-refractivity contribution < 1.29 is 13.5 Å². The summed E-state index contributed by atoms with van der Waals surface area (Å²) >= 11 is 0. The fraction of sp³-hybridized carbons (Fsp3) is 0.250. The molecule has 1 aliphatic carbocycles. The summed E-state index contributed by atoms with van der Waals surface area (Å²) in [4.78, 5) is 6.82. The molecule has 0 unspecified atom stereocenters. The van der Waals surface area contributed by atoms with Gasteiger partial charge in [-0.1, -0.05) is 0 Å². The molecule has 5 aromatic rings. The van der Waals surface area contributed by atoms with Gasteiger partial charge in [-0.25, -0.2) is 8.78 Å². The molecule has 4 N–H and O–H groups in total. The lowest BCUT2D eigenvalue weighted by atomic mass is 9.93. The van der Waals surface area contributed by atoms with Crippen molar-refractivity contribution in [3.05, 3.63) is 54.1 Å². The monoisotopic (exact) mass is 405 g/mol. The van der Waals surface area contributed by atoms with Gasteiger partial charge in [0.05, 0.1) is 17.1 Å². The molecule has 6 heteroatoms. The highest BCUT2D eigenvalue weighted by Gasteiger charge is 2.24. The summed E-state index contributed by atoms with van der Waals surface area (Å²) in [6.45, 7) is 0. The molecule has 2 heterocycles. The third kappa shape index (κ3) is 2.67. The van der Waals surface area contributed by atoms with Crippen LogP contribution < -0.4 is 10.5 Å². The molecule has 0 radical (unpaired) electrons. The van der Waals surface area contributed by atoms with Crippen LogP contribution in [0.5, 0.6) is 5.75 Å². The van der Waals surface area contributed by atoms with Crippen molar-refractivity contribution in [2.45, 2.75) is 37.8 Å². The quantitative estimate of drug-likeness (QED) is 0.343. The van der Waals surface area contributed by atoms with Crippen molar-refractivity contribution >= 4 is 43.6 Å². The zero-order valence-electron chi connectivity index (χ0n) is 16.3. The fourth-order valence-corrected chi connectivity index (χ4v) is 4.79. The van der Waals surface area contributed by atoms with Gasteiger partial charge >= 0.3 is 0 Å². The molecule has 152 valence electrons. The lowest BCUT2D eigenvalue weighted by Gasteiger charge is -2.27. The summed E-state index contributed by atoms with van der Waals surface area (Å²) < 4.78 is 34.5. The third-order valence-electron chi connectivity index (χ3n) is 6.35. The van der Waals surface area contributed by atoms with Crippen LogP contribution in [-0.4, -0.2) is 22.1 Å². The molecule has 1 fully saturated rings. The number of H-pyrrole nitrogens is 2. The lowest BCUT2D eigenvalue weighted by molar-refractivity contribution is 0.150. The van der Waals surface area contributed by atoms with E-state index in [1.807, 2.05) is 6.07 Å². The highest BCUT2D eigenvalue weighted by atomic mass is 19.1. The van der Waals surface area contributed by atoms with Gasteiger partial charge in [-0.3, -0.25) is 0 Å². The zero-order valence-corrected chi connectivity index (χ0v) is 16.3. The molecule has 30 heavy (non-hydrogen) atoms. The number of nitrogens with two attached hydrogens (primary N) is 1. The Morgan fingerprint density at radius 3 is 1.80 bits per heavy atom. The minimum absolute atomic E-state index is 0.0601. The van der Waals surface area contributed by atoms with Crippen LogP contribution in [0.15, 0.2) is 42.5 Å². The summed E-state index contributed by atoms with van der Waals surface area (Å²) in [5.41, 5.74) is 9.39. The predicted molar refractivity (Wildman–Crippen MR) is 116 cm³/mol. The van der Waals surface area contributed by atoms with Crippen LogP contribution in [-0.2, 0) is 0 Å². The summed E-state index contributed by atoms with van der Waals surface area (Å²) in [6, 6.07) is 11.6. The Balaban J connectivity index is 1.66. The second kappa shape index (κ2) is 6.44. The van der Waals surface area contributed by atoms with Crippen LogP contribution in [0, 0.1) is 11.6 Å². The van der Waals surface area contributed by atoms with Gasteiger partial charge in [0.25, 0.3) is 0 Å². The van der Waals surface area contributed by atoms with Crippen LogP contribution in [0.2, 0.25) is 0 Å². The van der Waals surface area contributed by atoms with Gasteiger partial charge in [-0.05, 0) is 68.1 Å². The number of aromatic amines is 2. The molecular formula is C24H21F2N3O. The molecule has 4 nitrogen and oxygen atoms in total. The maximum absolute atomic E-state index is 14.0. The lowest BCUT2D eigenvalue weighted by Crippen LogP contribution is -2.31. The largest absolute Gasteiger partial charge is 0.486 e. The van der Waals surface area contributed by atoms with Crippen molar-refractivity contribution in [3.63, 3.8) is 0 Å². The van der Waals surface area contributed by atoms with Gasteiger partial charge in [0.1, 0.15) is 11.6 Å². The SMILES string of the molecule is N[C@H]1CC[C@@H](Oc2c3[nH]c4ccc(F)cc4c3cc3c2[nH]c2ccc(F)cc23)CC1. The average Bonchev–Trinajstić information content (AvgIpc) is 3.27. The van der Waals surface area contributed by atoms with Gasteiger partial charge in [-0.15, -0.1) is 0 Å². The first-order valence-electron chi connectivity index (χ1n) is 10.3. The summed E-state index contributed by atoms with van der Waals surface area (Å²) in [5.74, 6) is 0.116. The molecule has 6 rings (SSSR count). The Hall–Kier alpha value is -3.12. The standard InChI is InChI=1S/C24H21F2N3O/c25-12-1-7-20-16(9-12)18-11-19-17-10-13(26)2-8-21(17)29-23(19)24(22(18)28-20)30-15-5-3-14(27)4-6-15/h1-2,7-11,14-15,28-29H,3-6,27H2/t14-,15+. The maximum Gasteiger partial charge on any atom is 0.167 e. The molecular weight excluding hydrogens is 384 g/mol. The summed E-state index contributed by atoms with van der Waals surface area (Å²) in [7, 11) is 0. The van der Waals surface area contributed by atoms with E-state index in [4.69, 9.17) is 10.5 Å². The van der Waals surface area contributed by atoms with Crippen LogP contribution in [0.1, 0.15) is 25.7 Å². The van der Waals surface area contributed by atoms with Gasteiger partial charge in [0.2, 0.25) is 0 Å². The van der Waals surface area contributed by atoms with E-state index in [0.29, 0.717) is 5.75 Å². The molecule has 1 saturated carbocycles. The van der Waals surface area contributed by atoms with Gasteiger partial charge in [-0.2, -0.15) is 0 Å². The zero-order chi connectivity index (χ0) is 20.4. The van der Waals surface area contributed by atoms with E-state index in [2.05, 4.69) is 9.97 Å².